The number of fused-ring (bicyclic) bond motifs is 3. The first-order valence-electron chi connectivity index (χ1n) is 10.2. The highest BCUT2D eigenvalue weighted by Gasteiger charge is 2.21. The Morgan fingerprint density at radius 1 is 0.968 bits per heavy atom. The van der Waals surface area contributed by atoms with Crippen molar-refractivity contribution < 1.29 is 9.52 Å². The Morgan fingerprint density at radius 2 is 1.65 bits per heavy atom. The van der Waals surface area contributed by atoms with Crippen LogP contribution in [0.5, 0.6) is 0 Å². The van der Waals surface area contributed by atoms with Gasteiger partial charge in [-0.25, -0.2) is 9.97 Å². The Kier molecular flexibility index (Phi) is 4.84. The van der Waals surface area contributed by atoms with Gasteiger partial charge in [0.05, 0.1) is 11.1 Å². The molecule has 0 saturated carbocycles. The summed E-state index contributed by atoms with van der Waals surface area (Å²) in [4.78, 5) is 22.6. The van der Waals surface area contributed by atoms with Crippen molar-refractivity contribution >= 4 is 22.2 Å². The first-order chi connectivity index (χ1) is 15.2. The van der Waals surface area contributed by atoms with E-state index in [0.29, 0.717) is 30.0 Å². The monoisotopic (exact) mass is 411 g/mol. The fourth-order valence-corrected chi connectivity index (χ4v) is 3.92. The van der Waals surface area contributed by atoms with Gasteiger partial charge in [-0.15, -0.1) is 0 Å². The molecule has 6 nitrogen and oxygen atoms in total. The number of rotatable bonds is 5. The van der Waals surface area contributed by atoms with Crippen molar-refractivity contribution in [3.05, 3.63) is 82.9 Å². The molecule has 3 heterocycles. The number of furan rings is 1. The molecule has 0 aliphatic carbocycles. The molecule has 0 unspecified atom stereocenters. The number of hydrogen-bond donors (Lipinski definition) is 1. The number of benzene rings is 2. The van der Waals surface area contributed by atoms with Gasteiger partial charge in [0, 0.05) is 18.7 Å². The molecule has 0 fully saturated rings. The minimum atomic E-state index is -0.255. The average molecular weight is 411 g/mol. The first kappa shape index (κ1) is 19.2. The van der Waals surface area contributed by atoms with Crippen molar-refractivity contribution in [3.63, 3.8) is 0 Å². The quantitative estimate of drug-likeness (QED) is 0.458. The van der Waals surface area contributed by atoms with Crippen molar-refractivity contribution in [3.8, 4) is 22.4 Å². The molecule has 1 N–H and O–H groups in total. The van der Waals surface area contributed by atoms with Crippen molar-refractivity contribution in [2.45, 2.75) is 19.9 Å². The summed E-state index contributed by atoms with van der Waals surface area (Å²) in [5.74, 6) is 0.583. The van der Waals surface area contributed by atoms with E-state index in [1.165, 1.54) is 0 Å². The smallest absolute Gasteiger partial charge is 0.297 e. The van der Waals surface area contributed by atoms with E-state index >= 15 is 0 Å². The second-order valence-corrected chi connectivity index (χ2v) is 7.44. The van der Waals surface area contributed by atoms with Gasteiger partial charge in [0.25, 0.3) is 5.56 Å². The van der Waals surface area contributed by atoms with Crippen LogP contribution in [0.15, 0.2) is 75.9 Å². The largest absolute Gasteiger partial charge is 0.430 e. The maximum atomic E-state index is 13.1. The van der Waals surface area contributed by atoms with Gasteiger partial charge in [-0.3, -0.25) is 9.36 Å². The van der Waals surface area contributed by atoms with Crippen LogP contribution in [-0.2, 0) is 6.54 Å². The van der Waals surface area contributed by atoms with Crippen LogP contribution in [0, 0.1) is 6.92 Å². The number of aromatic nitrogens is 3. The summed E-state index contributed by atoms with van der Waals surface area (Å²) in [5, 5.41) is 9.90. The highest BCUT2D eigenvalue weighted by Crippen LogP contribution is 2.36. The fraction of sp³-hybridized carbons (Fsp3) is 0.160. The maximum Gasteiger partial charge on any atom is 0.297 e. The molecule has 6 heteroatoms. The normalized spacial score (nSPS) is 11.4. The predicted octanol–water partition coefficient (Wildman–Crippen LogP) is 4.56. The highest BCUT2D eigenvalue weighted by molar-refractivity contribution is 6.10. The molecular formula is C25H21N3O3. The topological polar surface area (TPSA) is 81.2 Å². The van der Waals surface area contributed by atoms with Gasteiger partial charge < -0.3 is 9.52 Å². The summed E-state index contributed by atoms with van der Waals surface area (Å²) in [6.45, 7) is 2.19. The van der Waals surface area contributed by atoms with Crippen LogP contribution in [0.3, 0.4) is 0 Å². The van der Waals surface area contributed by atoms with Gasteiger partial charge in [-0.05, 0) is 30.5 Å². The zero-order valence-corrected chi connectivity index (χ0v) is 17.1. The van der Waals surface area contributed by atoms with E-state index in [1.54, 1.807) is 11.5 Å². The third-order valence-electron chi connectivity index (χ3n) is 5.43. The lowest BCUT2D eigenvalue weighted by molar-refractivity contribution is 0.278. The van der Waals surface area contributed by atoms with Gasteiger partial charge in [0.15, 0.2) is 0 Å². The summed E-state index contributed by atoms with van der Waals surface area (Å²) in [5.41, 5.74) is 4.49. The molecule has 0 aliphatic heterocycles. The maximum absolute atomic E-state index is 13.1. The number of aliphatic hydroxyl groups is 1. The van der Waals surface area contributed by atoms with E-state index in [0.717, 1.165) is 27.8 Å². The Hall–Kier alpha value is -3.77. The molecule has 0 atom stereocenters. The fourth-order valence-electron chi connectivity index (χ4n) is 3.92. The lowest BCUT2D eigenvalue weighted by atomic mass is 10.00. The van der Waals surface area contributed by atoms with Crippen LogP contribution in [0.25, 0.3) is 44.6 Å². The van der Waals surface area contributed by atoms with Gasteiger partial charge in [-0.2, -0.15) is 0 Å². The van der Waals surface area contributed by atoms with Crippen molar-refractivity contribution in [1.29, 1.82) is 0 Å². The summed E-state index contributed by atoms with van der Waals surface area (Å²) < 4.78 is 7.56. The van der Waals surface area contributed by atoms with E-state index in [1.807, 2.05) is 66.7 Å². The van der Waals surface area contributed by atoms with Gasteiger partial charge in [0.2, 0.25) is 11.3 Å². The standard InChI is InChI=1S/C25H21N3O3/c1-16-26-22-21-19(17-9-4-2-5-10-17)15-20(18-11-6-3-7-12-18)27-24(21)31-23(22)25(30)28(16)13-8-14-29/h2-7,9-12,15,29H,8,13-14H2,1H3. The van der Waals surface area contributed by atoms with Crippen LogP contribution in [-0.4, -0.2) is 26.2 Å². The number of aliphatic hydroxyl groups excluding tert-OH is 1. The molecule has 0 amide bonds. The van der Waals surface area contributed by atoms with E-state index in [4.69, 9.17) is 19.5 Å². The van der Waals surface area contributed by atoms with Crippen LogP contribution >= 0.6 is 0 Å². The van der Waals surface area contributed by atoms with Crippen molar-refractivity contribution in [2.75, 3.05) is 6.61 Å². The van der Waals surface area contributed by atoms with E-state index in [-0.39, 0.29) is 17.7 Å². The molecule has 0 aliphatic rings. The molecule has 31 heavy (non-hydrogen) atoms. The number of hydrogen-bond acceptors (Lipinski definition) is 5. The molecule has 0 saturated heterocycles. The van der Waals surface area contributed by atoms with E-state index < -0.39 is 0 Å². The minimum absolute atomic E-state index is 0.00416. The third-order valence-corrected chi connectivity index (χ3v) is 5.43. The number of pyridine rings is 1. The molecule has 3 aromatic heterocycles. The lowest BCUT2D eigenvalue weighted by Crippen LogP contribution is -2.23. The van der Waals surface area contributed by atoms with E-state index in [2.05, 4.69) is 0 Å². The molecular weight excluding hydrogens is 390 g/mol. The zero-order chi connectivity index (χ0) is 21.4. The van der Waals surface area contributed by atoms with Crippen LogP contribution in [0.4, 0.5) is 0 Å². The summed E-state index contributed by atoms with van der Waals surface area (Å²) in [6, 6.07) is 21.9. The predicted molar refractivity (Wildman–Crippen MR) is 121 cm³/mol. The van der Waals surface area contributed by atoms with Gasteiger partial charge >= 0.3 is 0 Å². The van der Waals surface area contributed by atoms with Crippen LogP contribution in [0.1, 0.15) is 12.2 Å². The Labute approximate surface area is 178 Å². The first-order valence-corrected chi connectivity index (χ1v) is 10.2. The van der Waals surface area contributed by atoms with Crippen LogP contribution < -0.4 is 5.56 Å². The second kappa shape index (κ2) is 7.81. The molecule has 2 aromatic carbocycles. The molecule has 154 valence electrons. The van der Waals surface area contributed by atoms with Crippen LogP contribution in [0.2, 0.25) is 0 Å². The van der Waals surface area contributed by atoms with Gasteiger partial charge in [-0.1, -0.05) is 60.7 Å². The lowest BCUT2D eigenvalue weighted by Gasteiger charge is -2.09. The summed E-state index contributed by atoms with van der Waals surface area (Å²) in [6.07, 6.45) is 0.472. The Bertz CT molecular complexity index is 1440. The Balaban J connectivity index is 1.86. The van der Waals surface area contributed by atoms with Crippen molar-refractivity contribution in [1.82, 2.24) is 14.5 Å². The minimum Gasteiger partial charge on any atom is -0.430 e. The van der Waals surface area contributed by atoms with E-state index in [9.17, 15) is 4.79 Å². The van der Waals surface area contributed by atoms with Gasteiger partial charge in [0.1, 0.15) is 11.3 Å². The summed E-state index contributed by atoms with van der Waals surface area (Å²) >= 11 is 0. The average Bonchev–Trinajstić information content (AvgIpc) is 3.18. The molecule has 0 spiro atoms. The number of nitrogens with zero attached hydrogens (tertiary/aromatic N) is 3. The Morgan fingerprint density at radius 3 is 2.32 bits per heavy atom. The molecule has 0 bridgehead atoms. The number of aryl methyl sites for hydroxylation is 1. The van der Waals surface area contributed by atoms with Crippen molar-refractivity contribution in [2.24, 2.45) is 0 Å². The zero-order valence-electron chi connectivity index (χ0n) is 17.1. The highest BCUT2D eigenvalue weighted by atomic mass is 16.3. The SMILES string of the molecule is Cc1nc2c(oc3nc(-c4ccccc4)cc(-c4ccccc4)c32)c(=O)n1CCCO. The molecule has 5 rings (SSSR count). The summed E-state index contributed by atoms with van der Waals surface area (Å²) in [7, 11) is 0. The molecule has 5 aromatic rings. The second-order valence-electron chi connectivity index (χ2n) is 7.44. The third kappa shape index (κ3) is 3.31. The molecule has 0 radical (unpaired) electrons.